The van der Waals surface area contributed by atoms with Gasteiger partial charge < -0.3 is 14.5 Å². The first-order chi connectivity index (χ1) is 13.0. The maximum Gasteiger partial charge on any atom is 0.236 e. The van der Waals surface area contributed by atoms with E-state index in [1.165, 1.54) is 5.69 Å². The van der Waals surface area contributed by atoms with Gasteiger partial charge in [-0.05, 0) is 41.9 Å². The number of carbonyl (C=O) groups excluding carboxylic acids is 1. The summed E-state index contributed by atoms with van der Waals surface area (Å²) in [4.78, 5) is 21.8. The Hall–Kier alpha value is -1.31. The molecular weight excluding hydrogens is 408 g/mol. The molecule has 7 heteroatoms. The van der Waals surface area contributed by atoms with Crippen LogP contribution >= 0.6 is 15.9 Å². The Kier molecular flexibility index (Phi) is 7.00. The van der Waals surface area contributed by atoms with Crippen molar-refractivity contribution in [2.75, 3.05) is 70.9 Å². The molecule has 1 aromatic carbocycles. The SMILES string of the molecule is COc1cc(N2CCN(CC(=O)N3CCN(C(C)C)CC3)CC2)ccc1Br. The normalized spacial score (nSPS) is 19.6. The number of hydrogen-bond donors (Lipinski definition) is 0. The molecule has 0 unspecified atom stereocenters. The summed E-state index contributed by atoms with van der Waals surface area (Å²) in [5.74, 6) is 1.13. The Morgan fingerprint density at radius 1 is 1.07 bits per heavy atom. The standard InChI is InChI=1S/C20H31BrN4O2/c1-16(2)23-10-12-25(13-11-23)20(26)15-22-6-8-24(9-7-22)17-4-5-18(21)19(14-17)27-3/h4-5,14,16H,6-13,15H2,1-3H3. The summed E-state index contributed by atoms with van der Waals surface area (Å²) in [5, 5.41) is 0. The highest BCUT2D eigenvalue weighted by Gasteiger charge is 2.25. The predicted octanol–water partition coefficient (Wildman–Crippen LogP) is 2.13. The summed E-state index contributed by atoms with van der Waals surface area (Å²) < 4.78 is 6.37. The van der Waals surface area contributed by atoms with Crippen molar-refractivity contribution in [2.45, 2.75) is 19.9 Å². The smallest absolute Gasteiger partial charge is 0.236 e. The van der Waals surface area contributed by atoms with Gasteiger partial charge >= 0.3 is 0 Å². The maximum atomic E-state index is 12.6. The highest BCUT2D eigenvalue weighted by atomic mass is 79.9. The van der Waals surface area contributed by atoms with E-state index < -0.39 is 0 Å². The van der Waals surface area contributed by atoms with Crippen LogP contribution in [0.3, 0.4) is 0 Å². The van der Waals surface area contributed by atoms with Crippen molar-refractivity contribution in [3.8, 4) is 5.75 Å². The van der Waals surface area contributed by atoms with Crippen molar-refractivity contribution in [1.82, 2.24) is 14.7 Å². The van der Waals surface area contributed by atoms with Gasteiger partial charge in [-0.1, -0.05) is 0 Å². The van der Waals surface area contributed by atoms with E-state index in [0.29, 0.717) is 12.6 Å². The number of rotatable bonds is 5. The van der Waals surface area contributed by atoms with Gasteiger partial charge in [0.1, 0.15) is 5.75 Å². The van der Waals surface area contributed by atoms with Crippen molar-refractivity contribution in [3.63, 3.8) is 0 Å². The quantitative estimate of drug-likeness (QED) is 0.703. The molecule has 2 aliphatic rings. The van der Waals surface area contributed by atoms with E-state index in [1.54, 1.807) is 7.11 Å². The first-order valence-electron chi connectivity index (χ1n) is 9.80. The van der Waals surface area contributed by atoms with Gasteiger partial charge in [0.2, 0.25) is 5.91 Å². The molecular formula is C20H31BrN4O2. The molecule has 0 atom stereocenters. The largest absolute Gasteiger partial charge is 0.495 e. The van der Waals surface area contributed by atoms with Gasteiger partial charge in [-0.3, -0.25) is 14.6 Å². The lowest BCUT2D eigenvalue weighted by atomic mass is 10.2. The minimum absolute atomic E-state index is 0.275. The Labute approximate surface area is 171 Å². The van der Waals surface area contributed by atoms with Crippen molar-refractivity contribution >= 4 is 27.5 Å². The Morgan fingerprint density at radius 3 is 2.33 bits per heavy atom. The van der Waals surface area contributed by atoms with Crippen LogP contribution in [0.2, 0.25) is 0 Å². The number of ether oxygens (including phenoxy) is 1. The van der Waals surface area contributed by atoms with E-state index >= 15 is 0 Å². The fraction of sp³-hybridized carbons (Fsp3) is 0.650. The Morgan fingerprint density at radius 2 is 1.74 bits per heavy atom. The molecule has 0 spiro atoms. The summed E-state index contributed by atoms with van der Waals surface area (Å²) in [7, 11) is 1.69. The molecule has 150 valence electrons. The molecule has 1 amide bonds. The van der Waals surface area contributed by atoms with Crippen molar-refractivity contribution in [2.24, 2.45) is 0 Å². The molecule has 6 nitrogen and oxygen atoms in total. The predicted molar refractivity (Wildman–Crippen MR) is 113 cm³/mol. The van der Waals surface area contributed by atoms with Crippen LogP contribution in [0.4, 0.5) is 5.69 Å². The molecule has 2 fully saturated rings. The number of piperazine rings is 2. The summed E-state index contributed by atoms with van der Waals surface area (Å²) in [6, 6.07) is 6.77. The molecule has 2 saturated heterocycles. The second-order valence-corrected chi connectivity index (χ2v) is 8.45. The van der Waals surface area contributed by atoms with Gasteiger partial charge in [0.05, 0.1) is 18.1 Å². The van der Waals surface area contributed by atoms with Crippen molar-refractivity contribution in [1.29, 1.82) is 0 Å². The highest BCUT2D eigenvalue weighted by molar-refractivity contribution is 9.10. The molecule has 27 heavy (non-hydrogen) atoms. The third-order valence-corrected chi connectivity index (χ3v) is 6.28. The van der Waals surface area contributed by atoms with E-state index in [9.17, 15) is 4.79 Å². The van der Waals surface area contributed by atoms with Gasteiger partial charge in [0, 0.05) is 70.2 Å². The number of carbonyl (C=O) groups is 1. The van der Waals surface area contributed by atoms with Gasteiger partial charge in [0.25, 0.3) is 0 Å². The van der Waals surface area contributed by atoms with Crippen LogP contribution in [-0.2, 0) is 4.79 Å². The zero-order chi connectivity index (χ0) is 19.4. The van der Waals surface area contributed by atoms with Crippen LogP contribution in [-0.4, -0.2) is 92.7 Å². The third kappa shape index (κ3) is 5.15. The van der Waals surface area contributed by atoms with E-state index in [2.05, 4.69) is 56.6 Å². The molecule has 2 heterocycles. The summed E-state index contributed by atoms with van der Waals surface area (Å²) in [5.41, 5.74) is 1.17. The first-order valence-corrected chi connectivity index (χ1v) is 10.6. The topological polar surface area (TPSA) is 39.3 Å². The van der Waals surface area contributed by atoms with Crippen LogP contribution in [0.1, 0.15) is 13.8 Å². The number of amides is 1. The van der Waals surface area contributed by atoms with Crippen LogP contribution in [0, 0.1) is 0 Å². The molecule has 1 aromatic rings. The number of halogens is 1. The first kappa shape index (κ1) is 20.4. The third-order valence-electron chi connectivity index (χ3n) is 5.63. The van der Waals surface area contributed by atoms with E-state index in [4.69, 9.17) is 4.74 Å². The average Bonchev–Trinajstić information content (AvgIpc) is 2.69. The number of methoxy groups -OCH3 is 1. The van der Waals surface area contributed by atoms with E-state index in [1.807, 2.05) is 11.0 Å². The molecule has 0 aliphatic carbocycles. The molecule has 2 aliphatic heterocycles. The lowest BCUT2D eigenvalue weighted by Gasteiger charge is -2.39. The zero-order valence-electron chi connectivity index (χ0n) is 16.7. The van der Waals surface area contributed by atoms with Crippen LogP contribution in [0.5, 0.6) is 5.75 Å². The van der Waals surface area contributed by atoms with Crippen LogP contribution in [0.15, 0.2) is 22.7 Å². The summed E-state index contributed by atoms with van der Waals surface area (Å²) in [6.45, 7) is 12.4. The minimum atomic E-state index is 0.275. The molecule has 0 radical (unpaired) electrons. The number of nitrogens with zero attached hydrogens (tertiary/aromatic N) is 4. The highest BCUT2D eigenvalue weighted by Crippen LogP contribution is 2.30. The van der Waals surface area contributed by atoms with Gasteiger partial charge in [-0.15, -0.1) is 0 Å². The monoisotopic (exact) mass is 438 g/mol. The second kappa shape index (κ2) is 9.26. The minimum Gasteiger partial charge on any atom is -0.495 e. The van der Waals surface area contributed by atoms with Crippen molar-refractivity contribution in [3.05, 3.63) is 22.7 Å². The second-order valence-electron chi connectivity index (χ2n) is 7.59. The van der Waals surface area contributed by atoms with Gasteiger partial charge in [-0.2, -0.15) is 0 Å². The molecule has 3 rings (SSSR count). The summed E-state index contributed by atoms with van der Waals surface area (Å²) >= 11 is 3.50. The molecule has 0 bridgehead atoms. The van der Waals surface area contributed by atoms with Crippen LogP contribution < -0.4 is 9.64 Å². The Balaban J connectivity index is 1.46. The number of anilines is 1. The fourth-order valence-corrected chi connectivity index (χ4v) is 4.20. The molecule has 0 saturated carbocycles. The fourth-order valence-electron chi connectivity index (χ4n) is 3.79. The van der Waals surface area contributed by atoms with E-state index in [0.717, 1.165) is 62.6 Å². The van der Waals surface area contributed by atoms with E-state index in [-0.39, 0.29) is 5.91 Å². The average molecular weight is 439 g/mol. The van der Waals surface area contributed by atoms with Gasteiger partial charge in [-0.25, -0.2) is 0 Å². The molecule has 0 N–H and O–H groups in total. The summed E-state index contributed by atoms with van der Waals surface area (Å²) in [6.07, 6.45) is 0. The lowest BCUT2D eigenvalue weighted by Crippen LogP contribution is -2.54. The number of hydrogen-bond acceptors (Lipinski definition) is 5. The maximum absolute atomic E-state index is 12.6. The van der Waals surface area contributed by atoms with Gasteiger partial charge in [0.15, 0.2) is 0 Å². The molecule has 0 aromatic heterocycles. The lowest BCUT2D eigenvalue weighted by molar-refractivity contribution is -0.134. The number of benzene rings is 1. The van der Waals surface area contributed by atoms with Crippen molar-refractivity contribution < 1.29 is 9.53 Å². The zero-order valence-corrected chi connectivity index (χ0v) is 18.2. The van der Waals surface area contributed by atoms with Crippen LogP contribution in [0.25, 0.3) is 0 Å². The Bertz CT molecular complexity index is 639.